The van der Waals surface area contributed by atoms with Crippen LogP contribution >= 0.6 is 0 Å². The average molecular weight is 323 g/mol. The summed E-state index contributed by atoms with van der Waals surface area (Å²) in [5.41, 5.74) is 1.89. The van der Waals surface area contributed by atoms with Crippen LogP contribution in [0.15, 0.2) is 23.1 Å². The Morgan fingerprint density at radius 2 is 1.95 bits per heavy atom. The van der Waals surface area contributed by atoms with Crippen LogP contribution in [0.2, 0.25) is 0 Å². The van der Waals surface area contributed by atoms with Gasteiger partial charge in [0.05, 0.1) is 23.4 Å². The van der Waals surface area contributed by atoms with Crippen LogP contribution in [0, 0.1) is 12.3 Å². The Morgan fingerprint density at radius 3 is 2.55 bits per heavy atom. The van der Waals surface area contributed by atoms with Gasteiger partial charge in [-0.25, -0.2) is 8.42 Å². The molecule has 1 N–H and O–H groups in total. The Labute approximate surface area is 133 Å². The first-order chi connectivity index (χ1) is 10.4. The fourth-order valence-corrected chi connectivity index (χ4v) is 5.38. The highest BCUT2D eigenvalue weighted by Crippen LogP contribution is 2.33. The van der Waals surface area contributed by atoms with Crippen LogP contribution in [0.3, 0.4) is 0 Å². The zero-order valence-corrected chi connectivity index (χ0v) is 14.2. The first-order valence-electron chi connectivity index (χ1n) is 8.07. The smallest absolute Gasteiger partial charge is 0.181 e. The Kier molecular flexibility index (Phi) is 4.21. The lowest BCUT2D eigenvalue weighted by Crippen LogP contribution is -2.45. The lowest BCUT2D eigenvalue weighted by atomic mass is 9.89. The molecule has 0 spiro atoms. The number of anilines is 1. The Balaban J connectivity index is 1.80. The summed E-state index contributed by atoms with van der Waals surface area (Å²) in [5, 5.41) is 3.18. The van der Waals surface area contributed by atoms with Crippen LogP contribution in [0.25, 0.3) is 0 Å². The molecule has 0 bridgehead atoms. The van der Waals surface area contributed by atoms with Crippen molar-refractivity contribution in [1.29, 1.82) is 0 Å². The zero-order valence-electron chi connectivity index (χ0n) is 13.4. The third-order valence-corrected chi connectivity index (χ3v) is 7.26. The van der Waals surface area contributed by atoms with E-state index in [0.717, 1.165) is 56.7 Å². The van der Waals surface area contributed by atoms with Crippen LogP contribution in [0.4, 0.5) is 5.69 Å². The lowest BCUT2D eigenvalue weighted by Gasteiger charge is -2.38. The minimum Gasteiger partial charge on any atom is -0.384 e. The monoisotopic (exact) mass is 323 g/mol. The lowest BCUT2D eigenvalue weighted by molar-refractivity contribution is -0.0924. The Hall–Kier alpha value is -1.07. The third kappa shape index (κ3) is 3.01. The molecule has 3 rings (SSSR count). The van der Waals surface area contributed by atoms with E-state index in [4.69, 9.17) is 4.74 Å². The van der Waals surface area contributed by atoms with Gasteiger partial charge in [0.1, 0.15) is 0 Å². The second kappa shape index (κ2) is 5.85. The zero-order chi connectivity index (χ0) is 15.8. The van der Waals surface area contributed by atoms with Gasteiger partial charge in [-0.15, -0.1) is 0 Å². The van der Waals surface area contributed by atoms with Gasteiger partial charge in [0.15, 0.2) is 9.84 Å². The fourth-order valence-electron chi connectivity index (χ4n) is 3.26. The molecule has 0 atom stereocenters. The summed E-state index contributed by atoms with van der Waals surface area (Å²) in [4.78, 5) is 0.499. The van der Waals surface area contributed by atoms with E-state index in [0.29, 0.717) is 4.90 Å². The van der Waals surface area contributed by atoms with Crippen LogP contribution in [-0.2, 0) is 14.6 Å². The highest BCUT2D eigenvalue weighted by molar-refractivity contribution is 7.92. The summed E-state index contributed by atoms with van der Waals surface area (Å²) < 4.78 is 30.9. The van der Waals surface area contributed by atoms with Crippen molar-refractivity contribution in [2.75, 3.05) is 25.1 Å². The number of benzene rings is 1. The number of nitrogens with one attached hydrogen (secondary N) is 1. The second-order valence-corrected chi connectivity index (χ2v) is 9.29. The number of ether oxygens (including phenoxy) is 1. The van der Waals surface area contributed by atoms with Gasteiger partial charge in [0.25, 0.3) is 0 Å². The van der Waals surface area contributed by atoms with Crippen molar-refractivity contribution in [1.82, 2.24) is 0 Å². The third-order valence-electron chi connectivity index (χ3n) is 4.86. The Bertz CT molecular complexity index is 644. The van der Waals surface area contributed by atoms with E-state index in [1.54, 1.807) is 0 Å². The van der Waals surface area contributed by atoms with Crippen molar-refractivity contribution in [2.24, 2.45) is 5.41 Å². The maximum atomic E-state index is 12.8. The summed E-state index contributed by atoms with van der Waals surface area (Å²) in [6, 6.07) is 5.68. The summed E-state index contributed by atoms with van der Waals surface area (Å²) in [7, 11) is -3.20. The largest absolute Gasteiger partial charge is 0.384 e. The molecule has 1 saturated heterocycles. The van der Waals surface area contributed by atoms with Gasteiger partial charge < -0.3 is 10.1 Å². The minimum atomic E-state index is -3.20. The number of aryl methyl sites for hydroxylation is 1. The maximum Gasteiger partial charge on any atom is 0.181 e. The van der Waals surface area contributed by atoms with Crippen molar-refractivity contribution >= 4 is 15.5 Å². The molecule has 2 aliphatic rings. The highest BCUT2D eigenvalue weighted by atomic mass is 32.2. The fraction of sp³-hybridized carbons (Fsp3) is 0.647. The molecule has 4 nitrogen and oxygen atoms in total. The number of rotatable bonds is 5. The van der Waals surface area contributed by atoms with E-state index in [9.17, 15) is 8.42 Å². The van der Waals surface area contributed by atoms with E-state index in [1.165, 1.54) is 0 Å². The standard InChI is InChI=1S/C17H25NO3S/c1-13-7-8-14(18-10-17(2)11-21-12-17)9-16(13)22(19,20)15-5-3-4-6-15/h7-9,15,18H,3-6,10-12H2,1-2H3. The molecule has 122 valence electrons. The molecule has 1 heterocycles. The minimum absolute atomic E-state index is 0.162. The first kappa shape index (κ1) is 15.8. The number of hydrogen-bond acceptors (Lipinski definition) is 4. The van der Waals surface area contributed by atoms with Gasteiger partial charge >= 0.3 is 0 Å². The summed E-state index contributed by atoms with van der Waals surface area (Å²) in [6.07, 6.45) is 3.65. The molecular formula is C17H25NO3S. The molecule has 1 aliphatic heterocycles. The van der Waals surface area contributed by atoms with Gasteiger partial charge in [0.2, 0.25) is 0 Å². The van der Waals surface area contributed by atoms with Crippen LogP contribution < -0.4 is 5.32 Å². The summed E-state index contributed by atoms with van der Waals surface area (Å²) in [5.74, 6) is 0. The van der Waals surface area contributed by atoms with Gasteiger partial charge in [-0.3, -0.25) is 0 Å². The Morgan fingerprint density at radius 1 is 1.27 bits per heavy atom. The van der Waals surface area contributed by atoms with Crippen LogP contribution in [0.1, 0.15) is 38.2 Å². The normalized spacial score (nSPS) is 21.5. The van der Waals surface area contributed by atoms with Crippen molar-refractivity contribution in [3.05, 3.63) is 23.8 Å². The molecular weight excluding hydrogens is 298 g/mol. The topological polar surface area (TPSA) is 55.4 Å². The van der Waals surface area contributed by atoms with E-state index in [2.05, 4.69) is 12.2 Å². The van der Waals surface area contributed by atoms with Gasteiger partial charge in [0, 0.05) is 17.6 Å². The number of sulfone groups is 1. The first-order valence-corrected chi connectivity index (χ1v) is 9.62. The molecule has 1 saturated carbocycles. The van der Waals surface area contributed by atoms with Crippen molar-refractivity contribution in [2.45, 2.75) is 49.7 Å². The van der Waals surface area contributed by atoms with Gasteiger partial charge in [-0.2, -0.15) is 0 Å². The molecule has 1 aromatic carbocycles. The average Bonchev–Trinajstić information content (AvgIpc) is 2.99. The van der Waals surface area contributed by atoms with Gasteiger partial charge in [-0.05, 0) is 37.5 Å². The molecule has 0 unspecified atom stereocenters. The summed E-state index contributed by atoms with van der Waals surface area (Å²) >= 11 is 0. The quantitative estimate of drug-likeness (QED) is 0.904. The number of hydrogen-bond donors (Lipinski definition) is 1. The molecule has 5 heteroatoms. The maximum absolute atomic E-state index is 12.8. The SMILES string of the molecule is Cc1ccc(NCC2(C)COC2)cc1S(=O)(=O)C1CCCC1. The van der Waals surface area contributed by atoms with Crippen molar-refractivity contribution in [3.8, 4) is 0 Å². The predicted octanol–water partition coefficient (Wildman–Crippen LogP) is 3.16. The van der Waals surface area contributed by atoms with E-state index < -0.39 is 9.84 Å². The molecule has 1 aliphatic carbocycles. The molecule has 1 aromatic rings. The van der Waals surface area contributed by atoms with Crippen molar-refractivity contribution in [3.63, 3.8) is 0 Å². The molecule has 0 aromatic heterocycles. The summed E-state index contributed by atoms with van der Waals surface area (Å²) in [6.45, 7) is 6.39. The molecule has 2 fully saturated rings. The van der Waals surface area contributed by atoms with E-state index in [1.807, 2.05) is 25.1 Å². The molecule has 22 heavy (non-hydrogen) atoms. The predicted molar refractivity (Wildman–Crippen MR) is 88.0 cm³/mol. The molecule has 0 radical (unpaired) electrons. The van der Waals surface area contributed by atoms with Gasteiger partial charge in [-0.1, -0.05) is 25.8 Å². The van der Waals surface area contributed by atoms with E-state index >= 15 is 0 Å². The molecule has 0 amide bonds. The van der Waals surface area contributed by atoms with Crippen LogP contribution in [0.5, 0.6) is 0 Å². The second-order valence-electron chi connectivity index (χ2n) is 7.09. The van der Waals surface area contributed by atoms with Crippen molar-refractivity contribution < 1.29 is 13.2 Å². The van der Waals surface area contributed by atoms with E-state index in [-0.39, 0.29) is 10.7 Å². The van der Waals surface area contributed by atoms with Crippen LogP contribution in [-0.4, -0.2) is 33.4 Å². The highest BCUT2D eigenvalue weighted by Gasteiger charge is 2.34.